The monoisotopic (exact) mass is 230 g/mol. The van der Waals surface area contributed by atoms with Crippen LogP contribution in [0.1, 0.15) is 16.8 Å². The summed E-state index contributed by atoms with van der Waals surface area (Å²) in [7, 11) is 0. The summed E-state index contributed by atoms with van der Waals surface area (Å²) < 4.78 is 5.65. The normalized spacial score (nSPS) is 10.3. The van der Waals surface area contributed by atoms with Gasteiger partial charge in [-0.25, -0.2) is 4.98 Å². The molecule has 0 saturated carbocycles. The summed E-state index contributed by atoms with van der Waals surface area (Å²) in [5.74, 6) is 1.15. The molecule has 4 heteroatoms. The van der Waals surface area contributed by atoms with Gasteiger partial charge in [0, 0.05) is 0 Å². The lowest BCUT2D eigenvalue weighted by atomic mass is 10.1. The highest BCUT2D eigenvalue weighted by molar-refractivity contribution is 5.38. The Kier molecular flexibility index (Phi) is 3.35. The lowest BCUT2D eigenvalue weighted by Crippen LogP contribution is -1.96. The van der Waals surface area contributed by atoms with E-state index in [1.165, 1.54) is 12.4 Å². The summed E-state index contributed by atoms with van der Waals surface area (Å²) in [6.45, 7) is 3.83. The first-order valence-electron chi connectivity index (χ1n) is 5.36. The zero-order valence-corrected chi connectivity index (χ0v) is 9.84. The van der Waals surface area contributed by atoms with Crippen LogP contribution >= 0.6 is 0 Å². The maximum atomic E-state index is 8.97. The first-order chi connectivity index (χ1) is 8.19. The molecule has 2 aromatic rings. The molecule has 0 saturated heterocycles. The first-order valence-corrected chi connectivity index (χ1v) is 5.36. The lowest BCUT2D eigenvalue weighted by molar-refractivity contribution is 0.274. The summed E-state index contributed by atoms with van der Waals surface area (Å²) in [5, 5.41) is 8.97. The minimum Gasteiger partial charge on any atom is -0.437 e. The molecule has 0 fully saturated rings. The third-order valence-electron chi connectivity index (χ3n) is 2.38. The van der Waals surface area contributed by atoms with E-state index >= 15 is 0 Å². The summed E-state index contributed by atoms with van der Waals surface area (Å²) in [6, 6.07) is 5.97. The number of rotatable bonds is 3. The van der Waals surface area contributed by atoms with Crippen LogP contribution in [0, 0.1) is 13.8 Å². The average molecular weight is 230 g/mol. The number of hydrogen-bond acceptors (Lipinski definition) is 4. The molecule has 0 atom stereocenters. The Morgan fingerprint density at radius 3 is 2.82 bits per heavy atom. The van der Waals surface area contributed by atoms with Gasteiger partial charge in [0.1, 0.15) is 5.75 Å². The van der Waals surface area contributed by atoms with E-state index in [9.17, 15) is 0 Å². The quantitative estimate of drug-likeness (QED) is 0.879. The molecule has 0 aliphatic rings. The zero-order valence-electron chi connectivity index (χ0n) is 9.84. The van der Waals surface area contributed by atoms with E-state index < -0.39 is 0 Å². The molecule has 0 radical (unpaired) electrons. The molecule has 0 amide bonds. The molecule has 4 nitrogen and oxygen atoms in total. The van der Waals surface area contributed by atoms with E-state index in [-0.39, 0.29) is 6.61 Å². The Labute approximate surface area is 99.9 Å². The van der Waals surface area contributed by atoms with Crippen molar-refractivity contribution in [3.8, 4) is 11.6 Å². The van der Waals surface area contributed by atoms with Crippen molar-refractivity contribution >= 4 is 0 Å². The molecule has 1 aromatic carbocycles. The molecular formula is C13H14N2O2. The van der Waals surface area contributed by atoms with Gasteiger partial charge in [-0.2, -0.15) is 0 Å². The molecule has 0 aliphatic carbocycles. The van der Waals surface area contributed by atoms with Gasteiger partial charge in [0.05, 0.1) is 24.7 Å². The minimum absolute atomic E-state index is 0.142. The number of ether oxygens (including phenoxy) is 1. The van der Waals surface area contributed by atoms with Crippen LogP contribution in [-0.4, -0.2) is 15.1 Å². The van der Waals surface area contributed by atoms with Crippen molar-refractivity contribution in [2.75, 3.05) is 0 Å². The SMILES string of the molecule is Cc1ccc(C)c(Oc2cncc(CO)n2)c1. The molecule has 17 heavy (non-hydrogen) atoms. The first kappa shape index (κ1) is 11.5. The van der Waals surface area contributed by atoms with Crippen molar-refractivity contribution in [2.24, 2.45) is 0 Å². The Hall–Kier alpha value is -1.94. The number of aliphatic hydroxyl groups excluding tert-OH is 1. The maximum Gasteiger partial charge on any atom is 0.238 e. The minimum atomic E-state index is -0.142. The van der Waals surface area contributed by atoms with Gasteiger partial charge in [-0.05, 0) is 31.0 Å². The summed E-state index contributed by atoms with van der Waals surface area (Å²) >= 11 is 0. The van der Waals surface area contributed by atoms with Gasteiger partial charge < -0.3 is 9.84 Å². The third kappa shape index (κ3) is 2.79. The lowest BCUT2D eigenvalue weighted by Gasteiger charge is -2.08. The van der Waals surface area contributed by atoms with Gasteiger partial charge in [0.2, 0.25) is 5.88 Å². The second-order valence-electron chi connectivity index (χ2n) is 3.88. The number of aliphatic hydroxyl groups is 1. The van der Waals surface area contributed by atoms with E-state index in [2.05, 4.69) is 9.97 Å². The van der Waals surface area contributed by atoms with Crippen LogP contribution < -0.4 is 4.74 Å². The van der Waals surface area contributed by atoms with Gasteiger partial charge in [0.15, 0.2) is 0 Å². The molecule has 1 N–H and O–H groups in total. The highest BCUT2D eigenvalue weighted by Gasteiger charge is 2.04. The van der Waals surface area contributed by atoms with Gasteiger partial charge in [-0.3, -0.25) is 4.98 Å². The second-order valence-corrected chi connectivity index (χ2v) is 3.88. The van der Waals surface area contributed by atoms with Crippen LogP contribution in [0.5, 0.6) is 11.6 Å². The standard InChI is InChI=1S/C13H14N2O2/c1-9-3-4-10(2)12(5-9)17-13-7-14-6-11(8-16)15-13/h3-7,16H,8H2,1-2H3. The summed E-state index contributed by atoms with van der Waals surface area (Å²) in [4.78, 5) is 8.08. The van der Waals surface area contributed by atoms with E-state index in [4.69, 9.17) is 9.84 Å². The van der Waals surface area contributed by atoms with E-state index in [0.717, 1.165) is 16.9 Å². The fraction of sp³-hybridized carbons (Fsp3) is 0.231. The largest absolute Gasteiger partial charge is 0.437 e. The number of nitrogens with zero attached hydrogens (tertiary/aromatic N) is 2. The van der Waals surface area contributed by atoms with Crippen LogP contribution in [-0.2, 0) is 6.61 Å². The number of aromatic nitrogens is 2. The van der Waals surface area contributed by atoms with Gasteiger partial charge in [0.25, 0.3) is 0 Å². The molecular weight excluding hydrogens is 216 g/mol. The van der Waals surface area contributed by atoms with E-state index in [0.29, 0.717) is 11.6 Å². The van der Waals surface area contributed by atoms with Crippen molar-refractivity contribution in [1.82, 2.24) is 9.97 Å². The zero-order chi connectivity index (χ0) is 12.3. The molecule has 0 bridgehead atoms. The second kappa shape index (κ2) is 4.93. The van der Waals surface area contributed by atoms with Crippen LogP contribution in [0.2, 0.25) is 0 Å². The van der Waals surface area contributed by atoms with Crippen molar-refractivity contribution < 1.29 is 9.84 Å². The Morgan fingerprint density at radius 2 is 2.06 bits per heavy atom. The number of hydrogen-bond donors (Lipinski definition) is 1. The van der Waals surface area contributed by atoms with Crippen molar-refractivity contribution in [3.05, 3.63) is 47.4 Å². The highest BCUT2D eigenvalue weighted by atomic mass is 16.5. The molecule has 88 valence electrons. The predicted molar refractivity (Wildman–Crippen MR) is 63.9 cm³/mol. The third-order valence-corrected chi connectivity index (χ3v) is 2.38. The van der Waals surface area contributed by atoms with Gasteiger partial charge in [-0.15, -0.1) is 0 Å². The fourth-order valence-corrected chi connectivity index (χ4v) is 1.44. The summed E-state index contributed by atoms with van der Waals surface area (Å²) in [6.07, 6.45) is 3.04. The van der Waals surface area contributed by atoms with Crippen LogP contribution in [0.15, 0.2) is 30.6 Å². The number of aryl methyl sites for hydroxylation is 2. The molecule has 0 aliphatic heterocycles. The molecule has 1 heterocycles. The molecule has 2 rings (SSSR count). The van der Waals surface area contributed by atoms with Crippen LogP contribution in [0.25, 0.3) is 0 Å². The molecule has 0 spiro atoms. The Balaban J connectivity index is 2.27. The molecule has 0 unspecified atom stereocenters. The smallest absolute Gasteiger partial charge is 0.238 e. The van der Waals surface area contributed by atoms with E-state index in [1.54, 1.807) is 0 Å². The molecule has 1 aromatic heterocycles. The van der Waals surface area contributed by atoms with Crippen molar-refractivity contribution in [1.29, 1.82) is 0 Å². The maximum absolute atomic E-state index is 8.97. The van der Waals surface area contributed by atoms with Gasteiger partial charge in [-0.1, -0.05) is 12.1 Å². The average Bonchev–Trinajstić information content (AvgIpc) is 2.34. The van der Waals surface area contributed by atoms with Gasteiger partial charge >= 0.3 is 0 Å². The Bertz CT molecular complexity index is 527. The van der Waals surface area contributed by atoms with Crippen LogP contribution in [0.4, 0.5) is 0 Å². The van der Waals surface area contributed by atoms with Crippen molar-refractivity contribution in [2.45, 2.75) is 20.5 Å². The van der Waals surface area contributed by atoms with E-state index in [1.807, 2.05) is 32.0 Å². The highest BCUT2D eigenvalue weighted by Crippen LogP contribution is 2.24. The van der Waals surface area contributed by atoms with Crippen molar-refractivity contribution in [3.63, 3.8) is 0 Å². The van der Waals surface area contributed by atoms with Crippen LogP contribution in [0.3, 0.4) is 0 Å². The predicted octanol–water partition coefficient (Wildman–Crippen LogP) is 2.38. The summed E-state index contributed by atoms with van der Waals surface area (Å²) in [5.41, 5.74) is 2.65. The topological polar surface area (TPSA) is 55.2 Å². The fourth-order valence-electron chi connectivity index (χ4n) is 1.44. The Morgan fingerprint density at radius 1 is 1.24 bits per heavy atom. The number of benzene rings is 1.